The van der Waals surface area contributed by atoms with Gasteiger partial charge in [-0.05, 0) is 30.1 Å². The molecule has 0 spiro atoms. The highest BCUT2D eigenvalue weighted by molar-refractivity contribution is 5.83. The number of hydrogen-bond acceptors (Lipinski definition) is 2. The van der Waals surface area contributed by atoms with Crippen molar-refractivity contribution in [3.8, 4) is 0 Å². The van der Waals surface area contributed by atoms with Gasteiger partial charge in [0.1, 0.15) is 6.04 Å². The Morgan fingerprint density at radius 3 is 2.20 bits per heavy atom. The highest BCUT2D eigenvalue weighted by atomic mass is 16.4. The van der Waals surface area contributed by atoms with Crippen LogP contribution in [0.3, 0.4) is 0 Å². The summed E-state index contributed by atoms with van der Waals surface area (Å²) in [7, 11) is 0. The van der Waals surface area contributed by atoms with E-state index in [2.05, 4.69) is 19.2 Å². The monoisotopic (exact) mass is 284 g/mol. The number of amides is 2. The third kappa shape index (κ3) is 3.64. The molecule has 1 rings (SSSR count). The van der Waals surface area contributed by atoms with E-state index in [-0.39, 0.29) is 11.4 Å². The smallest absolute Gasteiger partial charge is 0.326 e. The van der Waals surface area contributed by atoms with Gasteiger partial charge in [0.15, 0.2) is 0 Å². The number of likely N-dealkylation sites (tertiary alicyclic amines) is 1. The molecule has 0 aromatic rings. The normalized spacial score (nSPS) is 19.8. The lowest BCUT2D eigenvalue weighted by Crippen LogP contribution is -2.53. The molecule has 20 heavy (non-hydrogen) atoms. The van der Waals surface area contributed by atoms with Gasteiger partial charge in [-0.2, -0.15) is 0 Å². The molecule has 5 nitrogen and oxygen atoms in total. The minimum atomic E-state index is -0.984. The Balaban J connectivity index is 2.70. The van der Waals surface area contributed by atoms with Crippen LogP contribution in [-0.4, -0.2) is 41.1 Å². The molecular formula is C15H28N2O3. The van der Waals surface area contributed by atoms with Gasteiger partial charge in [0.25, 0.3) is 0 Å². The summed E-state index contributed by atoms with van der Waals surface area (Å²) in [5.41, 5.74) is -0.300. The molecule has 116 valence electrons. The largest absolute Gasteiger partial charge is 0.480 e. The second-order valence-electron chi connectivity index (χ2n) is 6.97. The van der Waals surface area contributed by atoms with Gasteiger partial charge in [-0.1, -0.05) is 34.6 Å². The number of carboxylic acid groups (broad SMARTS) is 1. The molecule has 1 aliphatic rings. The molecule has 2 N–H and O–H groups in total. The van der Waals surface area contributed by atoms with Gasteiger partial charge in [-0.25, -0.2) is 9.59 Å². The molecule has 1 atom stereocenters. The minimum Gasteiger partial charge on any atom is -0.480 e. The maximum absolute atomic E-state index is 12.3. The topological polar surface area (TPSA) is 69.6 Å². The lowest BCUT2D eigenvalue weighted by Gasteiger charge is -2.31. The summed E-state index contributed by atoms with van der Waals surface area (Å²) in [6, 6.07) is -1.12. The van der Waals surface area contributed by atoms with E-state index in [0.29, 0.717) is 6.54 Å². The predicted molar refractivity (Wildman–Crippen MR) is 78.6 cm³/mol. The van der Waals surface area contributed by atoms with E-state index in [9.17, 15) is 14.7 Å². The number of nitrogens with zero attached hydrogens (tertiary/aromatic N) is 1. The van der Waals surface area contributed by atoms with Crippen molar-refractivity contribution in [2.24, 2.45) is 10.8 Å². The standard InChI is InChI=1S/C15H28N2O3/c1-6-15(7-2)8-9-17(10-15)13(20)16-11(12(18)19)14(3,4)5/h11H,6-10H2,1-5H3,(H,16,20)(H,18,19). The number of aliphatic carboxylic acids is 1. The van der Waals surface area contributed by atoms with Crippen molar-refractivity contribution in [2.45, 2.75) is 59.9 Å². The van der Waals surface area contributed by atoms with Crippen molar-refractivity contribution < 1.29 is 14.7 Å². The van der Waals surface area contributed by atoms with Gasteiger partial charge in [0, 0.05) is 13.1 Å². The Morgan fingerprint density at radius 2 is 1.85 bits per heavy atom. The number of rotatable bonds is 4. The minimum absolute atomic E-state index is 0.206. The van der Waals surface area contributed by atoms with Crippen molar-refractivity contribution in [3.05, 3.63) is 0 Å². The molecule has 1 aliphatic heterocycles. The predicted octanol–water partition coefficient (Wildman–Crippen LogP) is 2.71. The average Bonchev–Trinajstić information content (AvgIpc) is 2.79. The number of urea groups is 1. The number of hydrogen-bond donors (Lipinski definition) is 2. The van der Waals surface area contributed by atoms with Gasteiger partial charge in [0.05, 0.1) is 0 Å². The summed E-state index contributed by atoms with van der Waals surface area (Å²) in [4.78, 5) is 25.3. The van der Waals surface area contributed by atoms with E-state index in [1.54, 1.807) is 4.90 Å². The molecule has 0 aromatic carbocycles. The van der Waals surface area contributed by atoms with Crippen LogP contribution in [0.5, 0.6) is 0 Å². The van der Waals surface area contributed by atoms with E-state index in [1.165, 1.54) is 0 Å². The van der Waals surface area contributed by atoms with Gasteiger partial charge in [-0.3, -0.25) is 0 Å². The second-order valence-corrected chi connectivity index (χ2v) is 6.97. The third-order valence-corrected chi connectivity index (χ3v) is 4.61. The molecule has 0 saturated carbocycles. The van der Waals surface area contributed by atoms with E-state index in [1.807, 2.05) is 20.8 Å². The molecule has 1 heterocycles. The Morgan fingerprint density at radius 1 is 1.30 bits per heavy atom. The fourth-order valence-electron chi connectivity index (χ4n) is 2.80. The van der Waals surface area contributed by atoms with E-state index in [0.717, 1.165) is 25.8 Å². The maximum atomic E-state index is 12.3. The maximum Gasteiger partial charge on any atom is 0.326 e. The molecule has 1 fully saturated rings. The van der Waals surface area contributed by atoms with Crippen molar-refractivity contribution in [1.82, 2.24) is 10.2 Å². The summed E-state index contributed by atoms with van der Waals surface area (Å²) in [6.45, 7) is 11.2. The molecule has 5 heteroatoms. The molecular weight excluding hydrogens is 256 g/mol. The van der Waals surface area contributed by atoms with Crippen LogP contribution in [-0.2, 0) is 4.79 Å². The molecule has 0 bridgehead atoms. The number of carbonyl (C=O) groups excluding carboxylic acids is 1. The Hall–Kier alpha value is -1.26. The Bertz CT molecular complexity index is 370. The first-order valence-electron chi connectivity index (χ1n) is 7.43. The summed E-state index contributed by atoms with van der Waals surface area (Å²) in [5.74, 6) is -0.984. The Labute approximate surface area is 121 Å². The summed E-state index contributed by atoms with van der Waals surface area (Å²) in [5, 5.41) is 11.9. The first-order chi connectivity index (χ1) is 9.15. The first kappa shape index (κ1) is 16.8. The summed E-state index contributed by atoms with van der Waals surface area (Å²) < 4.78 is 0. The third-order valence-electron chi connectivity index (χ3n) is 4.61. The van der Waals surface area contributed by atoms with Gasteiger partial charge < -0.3 is 15.3 Å². The zero-order chi connectivity index (χ0) is 15.6. The number of nitrogens with one attached hydrogen (secondary N) is 1. The molecule has 0 radical (unpaired) electrons. The van der Waals surface area contributed by atoms with Crippen molar-refractivity contribution in [1.29, 1.82) is 0 Å². The van der Waals surface area contributed by atoms with E-state index in [4.69, 9.17) is 0 Å². The van der Waals surface area contributed by atoms with Crippen LogP contribution >= 0.6 is 0 Å². The van der Waals surface area contributed by atoms with Crippen molar-refractivity contribution in [2.75, 3.05) is 13.1 Å². The zero-order valence-electron chi connectivity index (χ0n) is 13.3. The van der Waals surface area contributed by atoms with Gasteiger partial charge in [0.2, 0.25) is 0 Å². The number of carbonyl (C=O) groups is 2. The molecule has 2 amide bonds. The molecule has 0 aliphatic carbocycles. The van der Waals surface area contributed by atoms with Crippen LogP contribution < -0.4 is 5.32 Å². The van der Waals surface area contributed by atoms with Crippen LogP contribution in [0.15, 0.2) is 0 Å². The SMILES string of the molecule is CCC1(CC)CCN(C(=O)NC(C(=O)O)C(C)(C)C)C1. The summed E-state index contributed by atoms with van der Waals surface area (Å²) in [6.07, 6.45) is 3.10. The molecule has 0 aromatic heterocycles. The second kappa shape index (κ2) is 6.02. The fourth-order valence-corrected chi connectivity index (χ4v) is 2.80. The van der Waals surface area contributed by atoms with Gasteiger partial charge >= 0.3 is 12.0 Å². The lowest BCUT2D eigenvalue weighted by molar-refractivity contribution is -0.142. The van der Waals surface area contributed by atoms with Crippen molar-refractivity contribution >= 4 is 12.0 Å². The van der Waals surface area contributed by atoms with Crippen LogP contribution in [0.1, 0.15) is 53.9 Å². The quantitative estimate of drug-likeness (QED) is 0.834. The highest BCUT2D eigenvalue weighted by Crippen LogP contribution is 2.37. The summed E-state index contributed by atoms with van der Waals surface area (Å²) >= 11 is 0. The van der Waals surface area contributed by atoms with Crippen LogP contribution in [0, 0.1) is 10.8 Å². The van der Waals surface area contributed by atoms with E-state index < -0.39 is 17.4 Å². The van der Waals surface area contributed by atoms with Crippen molar-refractivity contribution in [3.63, 3.8) is 0 Å². The number of carboxylic acids is 1. The van der Waals surface area contributed by atoms with E-state index >= 15 is 0 Å². The lowest BCUT2D eigenvalue weighted by atomic mass is 9.82. The first-order valence-corrected chi connectivity index (χ1v) is 7.43. The highest BCUT2D eigenvalue weighted by Gasteiger charge is 2.39. The van der Waals surface area contributed by atoms with Crippen LogP contribution in [0.25, 0.3) is 0 Å². The van der Waals surface area contributed by atoms with Gasteiger partial charge in [-0.15, -0.1) is 0 Å². The zero-order valence-corrected chi connectivity index (χ0v) is 13.3. The average molecular weight is 284 g/mol. The fraction of sp³-hybridized carbons (Fsp3) is 0.867. The molecule has 1 unspecified atom stereocenters. The Kier molecular flexibility index (Phi) is 5.05. The van der Waals surface area contributed by atoms with Crippen LogP contribution in [0.2, 0.25) is 0 Å². The molecule has 1 saturated heterocycles. The van der Waals surface area contributed by atoms with Crippen LogP contribution in [0.4, 0.5) is 4.79 Å².